The van der Waals surface area contributed by atoms with E-state index in [1.165, 1.54) is 11.1 Å². The third kappa shape index (κ3) is 9.18. The van der Waals surface area contributed by atoms with E-state index in [1.54, 1.807) is 0 Å². The van der Waals surface area contributed by atoms with Crippen LogP contribution in [0.4, 0.5) is 0 Å². The Kier molecular flexibility index (Phi) is 13.6. The molecular weight excluding hydrogens is 408 g/mol. The number of carboxylic acid groups (broad SMARTS) is 1. The van der Waals surface area contributed by atoms with Gasteiger partial charge in [-0.3, -0.25) is 4.79 Å². The minimum Gasteiger partial charge on any atom is -0.490 e. The summed E-state index contributed by atoms with van der Waals surface area (Å²) in [5.41, 5.74) is 6.71. The fourth-order valence-electron chi connectivity index (χ4n) is 3.09. The SMILES string of the molecule is C=Cc1c(C)c(C#Cc2ccc(CC)cc2)cc(C(C)(C)C)c1OC(C)CC.CC.O=CO. The van der Waals surface area contributed by atoms with Crippen LogP contribution >= 0.6 is 0 Å². The zero-order chi connectivity index (χ0) is 25.6. The van der Waals surface area contributed by atoms with Crippen LogP contribution < -0.4 is 4.74 Å². The lowest BCUT2D eigenvalue weighted by Crippen LogP contribution is -2.19. The second kappa shape index (κ2) is 15.0. The molecule has 1 unspecified atom stereocenters. The van der Waals surface area contributed by atoms with Gasteiger partial charge in [-0.15, -0.1) is 0 Å². The van der Waals surface area contributed by atoms with E-state index in [0.29, 0.717) is 0 Å². The Morgan fingerprint density at radius 3 is 2.09 bits per heavy atom. The quantitative estimate of drug-likeness (QED) is 0.373. The maximum absolute atomic E-state index is 8.36. The van der Waals surface area contributed by atoms with Crippen LogP contribution in [0.1, 0.15) is 95.2 Å². The molecular formula is C30H42O3. The standard InChI is InChI=1S/C27H34O.C2H6.CH2O2/c1-9-19(4)28-26-24(11-3)20(5)23(18-25(26)27(6,7)8)17-16-22-14-12-21(10-2)13-15-22;1-2;2-1-3/h11-15,18-19H,3,9-10H2,1-2,4-8H3;1-2H3;1H,(H,2,3). The molecule has 2 rings (SSSR count). The first-order chi connectivity index (χ1) is 15.6. The Morgan fingerprint density at radius 2 is 1.67 bits per heavy atom. The van der Waals surface area contributed by atoms with Crippen molar-refractivity contribution in [3.8, 4) is 17.6 Å². The van der Waals surface area contributed by atoms with Gasteiger partial charge in [0.15, 0.2) is 0 Å². The van der Waals surface area contributed by atoms with Crippen LogP contribution in [0.15, 0.2) is 36.9 Å². The van der Waals surface area contributed by atoms with E-state index in [-0.39, 0.29) is 18.0 Å². The van der Waals surface area contributed by atoms with Crippen molar-refractivity contribution < 1.29 is 14.6 Å². The summed E-state index contributed by atoms with van der Waals surface area (Å²) in [6, 6.07) is 10.7. The van der Waals surface area contributed by atoms with Crippen molar-refractivity contribution in [1.82, 2.24) is 0 Å². The van der Waals surface area contributed by atoms with E-state index in [9.17, 15) is 0 Å². The van der Waals surface area contributed by atoms with E-state index < -0.39 is 0 Å². The van der Waals surface area contributed by atoms with Crippen LogP contribution in [0.5, 0.6) is 5.75 Å². The van der Waals surface area contributed by atoms with Gasteiger partial charge in [0.1, 0.15) is 5.75 Å². The Bertz CT molecular complexity index is 936. The fourth-order valence-corrected chi connectivity index (χ4v) is 3.09. The van der Waals surface area contributed by atoms with E-state index in [0.717, 1.165) is 40.8 Å². The molecule has 3 heteroatoms. The predicted octanol–water partition coefficient (Wildman–Crippen LogP) is 7.80. The van der Waals surface area contributed by atoms with Crippen LogP contribution in [0.3, 0.4) is 0 Å². The second-order valence-corrected chi connectivity index (χ2v) is 8.54. The van der Waals surface area contributed by atoms with Gasteiger partial charge in [-0.25, -0.2) is 0 Å². The second-order valence-electron chi connectivity index (χ2n) is 8.54. The molecule has 2 aromatic carbocycles. The molecule has 0 spiro atoms. The third-order valence-corrected chi connectivity index (χ3v) is 5.20. The van der Waals surface area contributed by atoms with Crippen molar-refractivity contribution >= 4 is 12.5 Å². The van der Waals surface area contributed by atoms with Gasteiger partial charge in [0.2, 0.25) is 0 Å². The maximum atomic E-state index is 8.36. The summed E-state index contributed by atoms with van der Waals surface area (Å²) in [5.74, 6) is 7.68. The summed E-state index contributed by atoms with van der Waals surface area (Å²) in [6.45, 7) is 23.0. The van der Waals surface area contributed by atoms with Crippen molar-refractivity contribution in [3.05, 3.63) is 70.3 Å². The Labute approximate surface area is 201 Å². The number of ether oxygens (including phenoxy) is 1. The van der Waals surface area contributed by atoms with Gasteiger partial charge in [0, 0.05) is 22.3 Å². The summed E-state index contributed by atoms with van der Waals surface area (Å²) in [7, 11) is 0. The molecule has 180 valence electrons. The monoisotopic (exact) mass is 450 g/mol. The number of carbonyl (C=O) groups is 1. The molecule has 0 bridgehead atoms. The first kappa shape index (κ1) is 30.0. The third-order valence-electron chi connectivity index (χ3n) is 5.20. The molecule has 0 amide bonds. The summed E-state index contributed by atoms with van der Waals surface area (Å²) in [5, 5.41) is 6.89. The first-order valence-corrected chi connectivity index (χ1v) is 11.8. The fraction of sp³-hybridized carbons (Fsp3) is 0.433. The van der Waals surface area contributed by atoms with E-state index >= 15 is 0 Å². The molecule has 2 aromatic rings. The van der Waals surface area contributed by atoms with Crippen molar-refractivity contribution in [1.29, 1.82) is 0 Å². The number of benzene rings is 2. The van der Waals surface area contributed by atoms with Gasteiger partial charge in [-0.05, 0) is 61.4 Å². The lowest BCUT2D eigenvalue weighted by Gasteiger charge is -2.28. The maximum Gasteiger partial charge on any atom is 0.290 e. The molecule has 0 aliphatic heterocycles. The van der Waals surface area contributed by atoms with Gasteiger partial charge < -0.3 is 9.84 Å². The predicted molar refractivity (Wildman–Crippen MR) is 142 cm³/mol. The molecule has 0 aliphatic rings. The van der Waals surface area contributed by atoms with Crippen molar-refractivity contribution in [2.24, 2.45) is 0 Å². The Morgan fingerprint density at radius 1 is 1.12 bits per heavy atom. The summed E-state index contributed by atoms with van der Waals surface area (Å²) < 4.78 is 6.35. The summed E-state index contributed by atoms with van der Waals surface area (Å²) in [6.07, 6.45) is 4.08. The Hall–Kier alpha value is -2.99. The molecule has 0 saturated carbocycles. The molecule has 0 saturated heterocycles. The first-order valence-electron chi connectivity index (χ1n) is 11.8. The normalized spacial score (nSPS) is 10.8. The summed E-state index contributed by atoms with van der Waals surface area (Å²) in [4.78, 5) is 8.36. The van der Waals surface area contributed by atoms with E-state index in [2.05, 4.69) is 97.2 Å². The highest BCUT2D eigenvalue weighted by Crippen LogP contribution is 2.39. The highest BCUT2D eigenvalue weighted by molar-refractivity contribution is 5.68. The van der Waals surface area contributed by atoms with Gasteiger partial charge in [-0.2, -0.15) is 0 Å². The Balaban J connectivity index is 0.00000189. The van der Waals surface area contributed by atoms with Crippen molar-refractivity contribution in [2.75, 3.05) is 0 Å². The van der Waals surface area contributed by atoms with Gasteiger partial charge in [0.25, 0.3) is 6.47 Å². The van der Waals surface area contributed by atoms with Crippen LogP contribution in [-0.2, 0) is 16.6 Å². The molecule has 0 aliphatic carbocycles. The van der Waals surface area contributed by atoms with Gasteiger partial charge in [0.05, 0.1) is 6.10 Å². The molecule has 0 aromatic heterocycles. The molecule has 0 fully saturated rings. The molecule has 3 nitrogen and oxygen atoms in total. The van der Waals surface area contributed by atoms with Crippen molar-refractivity contribution in [3.63, 3.8) is 0 Å². The highest BCUT2D eigenvalue weighted by Gasteiger charge is 2.24. The molecule has 1 N–H and O–H groups in total. The van der Waals surface area contributed by atoms with Gasteiger partial charge >= 0.3 is 0 Å². The molecule has 33 heavy (non-hydrogen) atoms. The average Bonchev–Trinajstić information content (AvgIpc) is 2.80. The van der Waals surface area contributed by atoms with Crippen LogP contribution in [0, 0.1) is 18.8 Å². The number of aryl methyl sites for hydroxylation is 1. The van der Waals surface area contributed by atoms with Crippen molar-refractivity contribution in [2.45, 2.75) is 86.7 Å². The lowest BCUT2D eigenvalue weighted by molar-refractivity contribution is -0.122. The topological polar surface area (TPSA) is 46.5 Å². The highest BCUT2D eigenvalue weighted by atomic mass is 16.5. The summed E-state index contributed by atoms with van der Waals surface area (Å²) >= 11 is 0. The molecule has 0 heterocycles. The lowest BCUT2D eigenvalue weighted by atomic mass is 9.82. The molecule has 1 atom stereocenters. The van der Waals surface area contributed by atoms with Gasteiger partial charge in [-0.1, -0.05) is 85.1 Å². The zero-order valence-corrected chi connectivity index (χ0v) is 22.0. The van der Waals surface area contributed by atoms with Crippen LogP contribution in [0.2, 0.25) is 0 Å². The van der Waals surface area contributed by atoms with E-state index in [4.69, 9.17) is 14.6 Å². The number of rotatable bonds is 5. The van der Waals surface area contributed by atoms with Crippen LogP contribution in [0.25, 0.3) is 6.08 Å². The van der Waals surface area contributed by atoms with Crippen LogP contribution in [-0.4, -0.2) is 17.7 Å². The number of hydrogen-bond donors (Lipinski definition) is 1. The average molecular weight is 451 g/mol. The number of hydrogen-bond acceptors (Lipinski definition) is 2. The molecule has 0 radical (unpaired) electrons. The minimum absolute atomic E-state index is 0.0482. The largest absolute Gasteiger partial charge is 0.490 e. The smallest absolute Gasteiger partial charge is 0.290 e. The minimum atomic E-state index is -0.250. The zero-order valence-electron chi connectivity index (χ0n) is 22.0. The van der Waals surface area contributed by atoms with E-state index in [1.807, 2.05) is 19.9 Å².